The fraction of sp³-hybridized carbons (Fsp3) is 0.318. The molecular weight excluding hydrogens is 402 g/mol. The molecule has 0 saturated heterocycles. The number of pyridine rings is 1. The summed E-state index contributed by atoms with van der Waals surface area (Å²) in [6.45, 7) is 7.44. The molecule has 3 aromatic rings. The lowest BCUT2D eigenvalue weighted by Gasteiger charge is -2.17. The van der Waals surface area contributed by atoms with Crippen LogP contribution in [0.5, 0.6) is 5.75 Å². The first-order valence-electron chi connectivity index (χ1n) is 9.91. The molecular formula is C22H26ClN5O2. The highest BCUT2D eigenvalue weighted by molar-refractivity contribution is 6.32. The molecule has 0 aliphatic heterocycles. The highest BCUT2D eigenvalue weighted by Gasteiger charge is 2.18. The largest absolute Gasteiger partial charge is 0.495 e. The lowest BCUT2D eigenvalue weighted by molar-refractivity contribution is 0.235. The second-order valence-corrected chi connectivity index (χ2v) is 7.09. The topological polar surface area (TPSA) is 72.3 Å². The molecule has 0 aliphatic rings. The summed E-state index contributed by atoms with van der Waals surface area (Å²) < 4.78 is 6.68. The Labute approximate surface area is 181 Å². The summed E-state index contributed by atoms with van der Waals surface area (Å²) in [5, 5.41) is 8.02. The molecule has 0 aliphatic carbocycles. The van der Waals surface area contributed by atoms with Crippen LogP contribution < -0.4 is 10.1 Å². The van der Waals surface area contributed by atoms with Crippen molar-refractivity contribution in [2.45, 2.75) is 13.8 Å². The van der Waals surface area contributed by atoms with Gasteiger partial charge in [0.1, 0.15) is 11.4 Å². The molecule has 158 valence electrons. The van der Waals surface area contributed by atoms with Gasteiger partial charge in [0.05, 0.1) is 12.1 Å². The Morgan fingerprint density at radius 2 is 1.90 bits per heavy atom. The molecule has 0 radical (unpaired) electrons. The molecule has 1 aromatic carbocycles. The number of benzene rings is 1. The van der Waals surface area contributed by atoms with Crippen LogP contribution in [-0.4, -0.2) is 59.0 Å². The van der Waals surface area contributed by atoms with E-state index in [1.165, 1.54) is 4.68 Å². The van der Waals surface area contributed by atoms with E-state index in [0.717, 1.165) is 36.3 Å². The molecule has 0 unspecified atom stereocenters. The maximum atomic E-state index is 12.7. The third-order valence-corrected chi connectivity index (χ3v) is 5.25. The van der Waals surface area contributed by atoms with Gasteiger partial charge in [-0.2, -0.15) is 9.78 Å². The first kappa shape index (κ1) is 21.8. The zero-order valence-corrected chi connectivity index (χ0v) is 18.2. The SMILES string of the molecule is CCN(CC)CCNC(=O)n1cc(-c2ccncc2)c(-c2ccc(Cl)c(OC)c2)n1. The van der Waals surface area contributed by atoms with Crippen molar-refractivity contribution in [3.8, 4) is 28.1 Å². The van der Waals surface area contributed by atoms with Crippen LogP contribution in [0.1, 0.15) is 13.8 Å². The predicted molar refractivity (Wildman–Crippen MR) is 119 cm³/mol. The third-order valence-electron chi connectivity index (χ3n) is 4.94. The predicted octanol–water partition coefficient (Wildman–Crippen LogP) is 4.17. The Morgan fingerprint density at radius 3 is 2.57 bits per heavy atom. The van der Waals surface area contributed by atoms with E-state index in [0.29, 0.717) is 23.0 Å². The van der Waals surface area contributed by atoms with Gasteiger partial charge in [0.15, 0.2) is 0 Å². The fourth-order valence-electron chi connectivity index (χ4n) is 3.18. The molecule has 8 heteroatoms. The molecule has 0 bridgehead atoms. The summed E-state index contributed by atoms with van der Waals surface area (Å²) in [4.78, 5) is 19.0. The minimum atomic E-state index is -0.273. The van der Waals surface area contributed by atoms with Crippen LogP contribution in [0.15, 0.2) is 48.9 Å². The van der Waals surface area contributed by atoms with E-state index >= 15 is 0 Å². The number of amides is 1. The number of hydrogen-bond donors (Lipinski definition) is 1. The van der Waals surface area contributed by atoms with Gasteiger partial charge in [0.2, 0.25) is 0 Å². The smallest absolute Gasteiger partial charge is 0.342 e. The van der Waals surface area contributed by atoms with Crippen molar-refractivity contribution < 1.29 is 9.53 Å². The quantitative estimate of drug-likeness (QED) is 0.584. The molecule has 2 aromatic heterocycles. The number of rotatable bonds is 8. The van der Waals surface area contributed by atoms with E-state index in [1.54, 1.807) is 31.8 Å². The summed E-state index contributed by atoms with van der Waals surface area (Å²) in [6, 6.07) is 8.94. The number of methoxy groups -OCH3 is 1. The Morgan fingerprint density at radius 1 is 1.17 bits per heavy atom. The highest BCUT2D eigenvalue weighted by atomic mass is 35.5. The Balaban J connectivity index is 1.92. The summed E-state index contributed by atoms with van der Waals surface area (Å²) in [7, 11) is 1.57. The first-order chi connectivity index (χ1) is 14.6. The summed E-state index contributed by atoms with van der Waals surface area (Å²) in [6.07, 6.45) is 5.16. The van der Waals surface area contributed by atoms with Crippen LogP contribution in [0.25, 0.3) is 22.4 Å². The summed E-state index contributed by atoms with van der Waals surface area (Å²) in [5.41, 5.74) is 3.20. The van der Waals surface area contributed by atoms with Crippen molar-refractivity contribution in [3.63, 3.8) is 0 Å². The Kier molecular flexibility index (Phi) is 7.43. The first-order valence-corrected chi connectivity index (χ1v) is 10.3. The molecule has 2 heterocycles. The van der Waals surface area contributed by atoms with Crippen molar-refractivity contribution in [2.24, 2.45) is 0 Å². The van der Waals surface area contributed by atoms with Gasteiger partial charge in [0.25, 0.3) is 0 Å². The van der Waals surface area contributed by atoms with Gasteiger partial charge in [-0.3, -0.25) is 4.98 Å². The molecule has 0 spiro atoms. The zero-order valence-electron chi connectivity index (χ0n) is 17.4. The van der Waals surface area contributed by atoms with Gasteiger partial charge in [-0.1, -0.05) is 31.5 Å². The molecule has 7 nitrogen and oxygen atoms in total. The summed E-state index contributed by atoms with van der Waals surface area (Å²) in [5.74, 6) is 0.549. The molecule has 1 amide bonds. The van der Waals surface area contributed by atoms with Gasteiger partial charge >= 0.3 is 6.03 Å². The molecule has 1 N–H and O–H groups in total. The van der Waals surface area contributed by atoms with Crippen molar-refractivity contribution in [1.82, 2.24) is 25.0 Å². The number of ether oxygens (including phenoxy) is 1. The monoisotopic (exact) mass is 427 g/mol. The van der Waals surface area contributed by atoms with Crippen LogP contribution in [0.4, 0.5) is 4.79 Å². The molecule has 0 fully saturated rings. The van der Waals surface area contributed by atoms with Gasteiger partial charge in [-0.25, -0.2) is 4.79 Å². The zero-order chi connectivity index (χ0) is 21.5. The second-order valence-electron chi connectivity index (χ2n) is 6.68. The van der Waals surface area contributed by atoms with Gasteiger partial charge in [-0.05, 0) is 42.9 Å². The minimum Gasteiger partial charge on any atom is -0.495 e. The van der Waals surface area contributed by atoms with Gasteiger partial charge in [-0.15, -0.1) is 0 Å². The Hall–Kier alpha value is -2.90. The van der Waals surface area contributed by atoms with Crippen molar-refractivity contribution in [1.29, 1.82) is 0 Å². The second kappa shape index (κ2) is 10.2. The van der Waals surface area contributed by atoms with E-state index in [2.05, 4.69) is 34.1 Å². The third kappa shape index (κ3) is 4.98. The maximum absolute atomic E-state index is 12.7. The summed E-state index contributed by atoms with van der Waals surface area (Å²) >= 11 is 6.18. The van der Waals surface area contributed by atoms with Crippen LogP contribution in [0, 0.1) is 0 Å². The number of nitrogens with one attached hydrogen (secondary N) is 1. The van der Waals surface area contributed by atoms with Crippen molar-refractivity contribution in [3.05, 3.63) is 53.9 Å². The van der Waals surface area contributed by atoms with E-state index in [4.69, 9.17) is 16.3 Å². The van der Waals surface area contributed by atoms with Gasteiger partial charge < -0.3 is 15.0 Å². The molecule has 0 saturated carbocycles. The average molecular weight is 428 g/mol. The van der Waals surface area contributed by atoms with Gasteiger partial charge in [0, 0.05) is 42.8 Å². The number of hydrogen-bond acceptors (Lipinski definition) is 5. The van der Waals surface area contributed by atoms with Crippen molar-refractivity contribution in [2.75, 3.05) is 33.3 Å². The normalized spacial score (nSPS) is 11.0. The number of carbonyl (C=O) groups excluding carboxylic acids is 1. The van der Waals surface area contributed by atoms with E-state index < -0.39 is 0 Å². The van der Waals surface area contributed by atoms with Crippen LogP contribution in [-0.2, 0) is 0 Å². The molecule has 3 rings (SSSR count). The minimum absolute atomic E-state index is 0.273. The van der Waals surface area contributed by atoms with Crippen molar-refractivity contribution >= 4 is 17.6 Å². The number of likely N-dealkylation sites (N-methyl/N-ethyl adjacent to an activating group) is 1. The van der Waals surface area contributed by atoms with Crippen LogP contribution >= 0.6 is 11.6 Å². The number of aromatic nitrogens is 3. The fourth-order valence-corrected chi connectivity index (χ4v) is 3.38. The Bertz CT molecular complexity index is 986. The highest BCUT2D eigenvalue weighted by Crippen LogP contribution is 2.35. The lowest BCUT2D eigenvalue weighted by atomic mass is 10.0. The number of halogens is 1. The molecule has 0 atom stereocenters. The average Bonchev–Trinajstić information content (AvgIpc) is 3.23. The van der Waals surface area contributed by atoms with E-state index in [9.17, 15) is 4.79 Å². The lowest BCUT2D eigenvalue weighted by Crippen LogP contribution is -2.36. The number of carbonyl (C=O) groups is 1. The standard InChI is InChI=1S/C22H26ClN5O2/c1-4-27(5-2)13-12-25-22(29)28-15-18(16-8-10-24-11-9-16)21(26-28)17-6-7-19(23)20(14-17)30-3/h6-11,14-15H,4-5,12-13H2,1-3H3,(H,25,29). The maximum Gasteiger partial charge on any atom is 0.342 e. The molecule has 30 heavy (non-hydrogen) atoms. The van der Waals surface area contributed by atoms with Crippen LogP contribution in [0.3, 0.4) is 0 Å². The number of nitrogens with zero attached hydrogens (tertiary/aromatic N) is 4. The van der Waals surface area contributed by atoms with E-state index in [-0.39, 0.29) is 6.03 Å². The van der Waals surface area contributed by atoms with Crippen LogP contribution in [0.2, 0.25) is 5.02 Å². The van der Waals surface area contributed by atoms with E-state index in [1.807, 2.05) is 24.3 Å².